The van der Waals surface area contributed by atoms with E-state index in [-0.39, 0.29) is 23.8 Å². The maximum Gasteiger partial charge on any atom is 0.228 e. The summed E-state index contributed by atoms with van der Waals surface area (Å²) in [5.74, 6) is 1.97. The molecule has 2 bridgehead atoms. The molecule has 1 aromatic rings. The van der Waals surface area contributed by atoms with Gasteiger partial charge in [0.2, 0.25) is 11.8 Å². The first-order valence-corrected chi connectivity index (χ1v) is 12.8. The second-order valence-corrected chi connectivity index (χ2v) is 10.6. The monoisotopic (exact) mass is 449 g/mol. The molecule has 1 aromatic carbocycles. The molecule has 0 radical (unpaired) electrons. The van der Waals surface area contributed by atoms with E-state index in [1.165, 1.54) is 37.8 Å². The molecule has 0 N–H and O–H groups in total. The van der Waals surface area contributed by atoms with Crippen molar-refractivity contribution in [2.45, 2.75) is 57.0 Å². The number of fused-ring (bicyclic) bond motifs is 6. The number of rotatable bonds is 3. The minimum atomic E-state index is -0.247. The van der Waals surface area contributed by atoms with Gasteiger partial charge in [-0.25, -0.2) is 0 Å². The van der Waals surface area contributed by atoms with E-state index in [1.807, 2.05) is 24.3 Å². The zero-order valence-electron chi connectivity index (χ0n) is 19.6. The molecule has 4 heterocycles. The van der Waals surface area contributed by atoms with Crippen molar-refractivity contribution in [2.24, 2.45) is 17.8 Å². The molecular weight excluding hydrogens is 414 g/mol. The van der Waals surface area contributed by atoms with Crippen LogP contribution in [0.15, 0.2) is 35.9 Å². The van der Waals surface area contributed by atoms with Crippen LogP contribution in [0, 0.1) is 17.8 Å². The van der Waals surface area contributed by atoms with Gasteiger partial charge in [0.25, 0.3) is 0 Å². The van der Waals surface area contributed by atoms with Gasteiger partial charge in [0.15, 0.2) is 0 Å². The maximum absolute atomic E-state index is 13.8. The SMILES string of the molecule is COc1ccc(N2C[C@H](C(=O)N3CCCC4=C[C@H]5C[C@@H](CN6CCCC[C@H]56)[C@@H]43)CC2=O)cc1. The number of hydrogen-bond donors (Lipinski definition) is 0. The van der Waals surface area contributed by atoms with E-state index in [1.54, 1.807) is 12.0 Å². The van der Waals surface area contributed by atoms with E-state index in [9.17, 15) is 9.59 Å². The minimum absolute atomic E-state index is 0.0452. The number of carbonyl (C=O) groups excluding carboxylic acids is 2. The number of carbonyl (C=O) groups is 2. The van der Waals surface area contributed by atoms with Gasteiger partial charge >= 0.3 is 0 Å². The van der Waals surface area contributed by atoms with Crippen LogP contribution in [0.4, 0.5) is 5.69 Å². The highest BCUT2D eigenvalue weighted by Gasteiger charge is 2.48. The Morgan fingerprint density at radius 1 is 1.06 bits per heavy atom. The van der Waals surface area contributed by atoms with Crippen LogP contribution in [-0.4, -0.2) is 67.0 Å². The van der Waals surface area contributed by atoms with Crippen LogP contribution in [0.1, 0.15) is 44.9 Å². The average molecular weight is 450 g/mol. The Balaban J connectivity index is 1.21. The average Bonchev–Trinajstić information content (AvgIpc) is 3.25. The van der Waals surface area contributed by atoms with Gasteiger partial charge in [-0.3, -0.25) is 14.5 Å². The summed E-state index contributed by atoms with van der Waals surface area (Å²) in [6.45, 7) is 3.66. The molecule has 176 valence electrons. The van der Waals surface area contributed by atoms with E-state index in [0.29, 0.717) is 24.8 Å². The third kappa shape index (κ3) is 3.67. The third-order valence-electron chi connectivity index (χ3n) is 8.80. The zero-order valence-corrected chi connectivity index (χ0v) is 19.6. The van der Waals surface area contributed by atoms with Crippen molar-refractivity contribution in [1.82, 2.24) is 9.80 Å². The van der Waals surface area contributed by atoms with Gasteiger partial charge in [-0.1, -0.05) is 18.1 Å². The normalized spacial score (nSPS) is 33.9. The summed E-state index contributed by atoms with van der Waals surface area (Å²) in [7, 11) is 1.64. The molecule has 5 atom stereocenters. The second-order valence-electron chi connectivity index (χ2n) is 10.6. The largest absolute Gasteiger partial charge is 0.497 e. The van der Waals surface area contributed by atoms with E-state index < -0.39 is 0 Å². The smallest absolute Gasteiger partial charge is 0.228 e. The van der Waals surface area contributed by atoms with Crippen LogP contribution in [0.5, 0.6) is 5.75 Å². The van der Waals surface area contributed by atoms with Crippen LogP contribution in [0.25, 0.3) is 0 Å². The quantitative estimate of drug-likeness (QED) is 0.663. The van der Waals surface area contributed by atoms with Crippen molar-refractivity contribution in [2.75, 3.05) is 38.2 Å². The summed E-state index contributed by atoms with van der Waals surface area (Å²) in [5, 5.41) is 0. The van der Waals surface area contributed by atoms with Crippen LogP contribution in [-0.2, 0) is 9.59 Å². The maximum atomic E-state index is 13.8. The molecule has 4 saturated heterocycles. The van der Waals surface area contributed by atoms with Gasteiger partial charge in [-0.05, 0) is 74.8 Å². The van der Waals surface area contributed by atoms with E-state index in [2.05, 4.69) is 15.9 Å². The first kappa shape index (κ1) is 21.2. The Morgan fingerprint density at radius 2 is 1.91 bits per heavy atom. The summed E-state index contributed by atoms with van der Waals surface area (Å²) in [6.07, 6.45) is 10.3. The highest BCUT2D eigenvalue weighted by Crippen LogP contribution is 2.45. The lowest BCUT2D eigenvalue weighted by atomic mass is 9.68. The minimum Gasteiger partial charge on any atom is -0.497 e. The van der Waals surface area contributed by atoms with Gasteiger partial charge in [0, 0.05) is 37.8 Å². The predicted molar refractivity (Wildman–Crippen MR) is 127 cm³/mol. The van der Waals surface area contributed by atoms with Crippen molar-refractivity contribution in [3.63, 3.8) is 0 Å². The fourth-order valence-electron chi connectivity index (χ4n) is 7.34. The zero-order chi connectivity index (χ0) is 22.5. The van der Waals surface area contributed by atoms with Gasteiger partial charge in [0.05, 0.1) is 19.1 Å². The molecule has 4 fully saturated rings. The Hall–Kier alpha value is -2.34. The van der Waals surface area contributed by atoms with Crippen molar-refractivity contribution in [3.05, 3.63) is 35.9 Å². The van der Waals surface area contributed by atoms with Crippen LogP contribution in [0.3, 0.4) is 0 Å². The highest BCUT2D eigenvalue weighted by molar-refractivity contribution is 6.00. The van der Waals surface area contributed by atoms with Crippen LogP contribution in [0.2, 0.25) is 0 Å². The van der Waals surface area contributed by atoms with Gasteiger partial charge in [-0.15, -0.1) is 0 Å². The molecule has 0 saturated carbocycles. The fourth-order valence-corrected chi connectivity index (χ4v) is 7.34. The van der Waals surface area contributed by atoms with Crippen LogP contribution < -0.4 is 9.64 Å². The molecule has 6 rings (SSSR count). The summed E-state index contributed by atoms with van der Waals surface area (Å²) in [6, 6.07) is 8.52. The Bertz CT molecular complexity index is 958. The molecule has 2 amide bonds. The van der Waals surface area contributed by atoms with Crippen molar-refractivity contribution in [3.8, 4) is 5.75 Å². The summed E-state index contributed by atoms with van der Waals surface area (Å²) < 4.78 is 5.24. The van der Waals surface area contributed by atoms with Crippen molar-refractivity contribution >= 4 is 17.5 Å². The van der Waals surface area contributed by atoms with Gasteiger partial charge in [-0.2, -0.15) is 0 Å². The Labute approximate surface area is 196 Å². The van der Waals surface area contributed by atoms with Gasteiger partial charge in [0.1, 0.15) is 5.75 Å². The molecule has 0 aromatic heterocycles. The third-order valence-corrected chi connectivity index (χ3v) is 8.80. The number of amides is 2. The summed E-state index contributed by atoms with van der Waals surface area (Å²) in [4.78, 5) is 33.3. The van der Waals surface area contributed by atoms with Gasteiger partial charge < -0.3 is 14.5 Å². The lowest BCUT2D eigenvalue weighted by Crippen LogP contribution is -2.60. The molecule has 0 spiro atoms. The number of nitrogens with zero attached hydrogens (tertiary/aromatic N) is 3. The molecule has 6 heteroatoms. The van der Waals surface area contributed by atoms with Crippen LogP contribution >= 0.6 is 0 Å². The first-order chi connectivity index (χ1) is 16.1. The number of methoxy groups -OCH3 is 1. The molecule has 1 aliphatic carbocycles. The lowest BCUT2D eigenvalue weighted by molar-refractivity contribution is -0.140. The number of anilines is 1. The summed E-state index contributed by atoms with van der Waals surface area (Å²) >= 11 is 0. The molecule has 6 nitrogen and oxygen atoms in total. The number of hydrogen-bond acceptors (Lipinski definition) is 4. The van der Waals surface area contributed by atoms with E-state index >= 15 is 0 Å². The number of likely N-dealkylation sites (tertiary alicyclic amines) is 1. The molecule has 0 unspecified atom stereocenters. The lowest BCUT2D eigenvalue weighted by Gasteiger charge is -2.55. The molecule has 5 aliphatic rings. The molecular formula is C27H35N3O3. The first-order valence-electron chi connectivity index (χ1n) is 12.8. The van der Waals surface area contributed by atoms with Crippen molar-refractivity contribution in [1.29, 1.82) is 0 Å². The standard InChI is InChI=1S/C27H35N3O3/c1-33-23-9-7-22(8-10-23)30-17-21(15-25(30)31)27(32)29-12-4-5-18-13-19-14-20(26(18)29)16-28-11-3-2-6-24(19)28/h7-10,13,19-21,24,26H,2-6,11-12,14-17H2,1H3/t19-,20-,21+,24+,26+/m0/s1. The topological polar surface area (TPSA) is 53.1 Å². The second kappa shape index (κ2) is 8.46. The molecule has 4 aliphatic heterocycles. The fraction of sp³-hybridized carbons (Fsp3) is 0.630. The summed E-state index contributed by atoms with van der Waals surface area (Å²) in [5.41, 5.74) is 2.36. The Kier molecular flexibility index (Phi) is 5.44. The number of benzene rings is 1. The Morgan fingerprint density at radius 3 is 2.73 bits per heavy atom. The van der Waals surface area contributed by atoms with E-state index in [0.717, 1.165) is 43.4 Å². The van der Waals surface area contributed by atoms with Crippen molar-refractivity contribution < 1.29 is 14.3 Å². The number of ether oxygens (including phenoxy) is 1. The highest BCUT2D eigenvalue weighted by atomic mass is 16.5. The predicted octanol–water partition coefficient (Wildman–Crippen LogP) is 3.47. The molecule has 33 heavy (non-hydrogen) atoms. The van der Waals surface area contributed by atoms with E-state index in [4.69, 9.17) is 4.74 Å². The number of piperidine rings is 3.